The van der Waals surface area contributed by atoms with Crippen LogP contribution in [-0.4, -0.2) is 35.2 Å². The molecule has 0 aliphatic carbocycles. The first-order chi connectivity index (χ1) is 9.94. The Morgan fingerprint density at radius 1 is 1.43 bits per heavy atom. The lowest BCUT2D eigenvalue weighted by molar-refractivity contribution is 0.371. The fourth-order valence-electron chi connectivity index (χ4n) is 2.33. The van der Waals surface area contributed by atoms with Crippen molar-refractivity contribution in [2.24, 2.45) is 5.92 Å². The van der Waals surface area contributed by atoms with Gasteiger partial charge in [0.15, 0.2) is 5.75 Å². The van der Waals surface area contributed by atoms with E-state index >= 15 is 0 Å². The average molecular weight is 398 g/mol. The van der Waals surface area contributed by atoms with Crippen LogP contribution in [0.3, 0.4) is 0 Å². The number of hydrogen-bond donors (Lipinski definition) is 2. The van der Waals surface area contributed by atoms with Crippen molar-refractivity contribution in [2.75, 3.05) is 26.7 Å². The molecule has 1 fully saturated rings. The molecule has 1 heterocycles. The van der Waals surface area contributed by atoms with Crippen LogP contribution in [0.15, 0.2) is 21.5 Å². The minimum atomic E-state index is -3.66. The summed E-state index contributed by atoms with van der Waals surface area (Å²) in [4.78, 5) is 0.0540. The lowest BCUT2D eigenvalue weighted by Gasteiger charge is -2.23. The van der Waals surface area contributed by atoms with Crippen LogP contribution in [0.25, 0.3) is 0 Å². The van der Waals surface area contributed by atoms with Crippen molar-refractivity contribution in [1.82, 2.24) is 10.0 Å². The highest BCUT2D eigenvalue weighted by Crippen LogP contribution is 2.35. The molecule has 1 aliphatic rings. The Balaban J connectivity index is 2.18. The number of sulfonamides is 1. The molecule has 0 amide bonds. The molecule has 1 aliphatic heterocycles. The summed E-state index contributed by atoms with van der Waals surface area (Å²) >= 11 is 9.22. The number of halogens is 2. The van der Waals surface area contributed by atoms with E-state index in [9.17, 15) is 8.42 Å². The molecular weight excluding hydrogens is 380 g/mol. The van der Waals surface area contributed by atoms with Gasteiger partial charge < -0.3 is 10.1 Å². The lowest BCUT2D eigenvalue weighted by Crippen LogP contribution is -2.36. The van der Waals surface area contributed by atoms with Gasteiger partial charge in [0.25, 0.3) is 0 Å². The molecule has 1 saturated heterocycles. The second-order valence-corrected chi connectivity index (χ2v) is 7.99. The van der Waals surface area contributed by atoms with E-state index in [1.54, 1.807) is 6.07 Å². The van der Waals surface area contributed by atoms with E-state index in [2.05, 4.69) is 26.0 Å². The van der Waals surface area contributed by atoms with Crippen LogP contribution in [0.1, 0.15) is 12.8 Å². The second-order valence-electron chi connectivity index (χ2n) is 4.96. The number of ether oxygens (including phenoxy) is 1. The summed E-state index contributed by atoms with van der Waals surface area (Å²) < 4.78 is 33.3. The number of rotatable bonds is 5. The van der Waals surface area contributed by atoms with Crippen molar-refractivity contribution in [2.45, 2.75) is 17.7 Å². The highest BCUT2D eigenvalue weighted by Gasteiger charge is 2.24. The van der Waals surface area contributed by atoms with Crippen LogP contribution in [-0.2, 0) is 10.0 Å². The van der Waals surface area contributed by atoms with Crippen LogP contribution in [0.5, 0.6) is 5.75 Å². The molecule has 0 bridgehead atoms. The highest BCUT2D eigenvalue weighted by atomic mass is 79.9. The van der Waals surface area contributed by atoms with Gasteiger partial charge in [0.1, 0.15) is 4.90 Å². The Bertz CT molecular complexity index is 604. The molecule has 21 heavy (non-hydrogen) atoms. The Morgan fingerprint density at radius 2 is 2.10 bits per heavy atom. The van der Waals surface area contributed by atoms with Crippen LogP contribution >= 0.6 is 27.5 Å². The zero-order valence-electron chi connectivity index (χ0n) is 11.7. The second kappa shape index (κ2) is 7.28. The summed E-state index contributed by atoms with van der Waals surface area (Å²) in [5.74, 6) is 0.617. The van der Waals surface area contributed by atoms with E-state index in [0.717, 1.165) is 25.9 Å². The molecule has 0 spiro atoms. The number of nitrogens with one attached hydrogen (secondary N) is 2. The summed E-state index contributed by atoms with van der Waals surface area (Å²) in [6.45, 7) is 2.29. The average Bonchev–Trinajstić information content (AvgIpc) is 2.46. The molecule has 0 radical (unpaired) electrons. The molecule has 0 saturated carbocycles. The van der Waals surface area contributed by atoms with Gasteiger partial charge in [-0.3, -0.25) is 0 Å². The van der Waals surface area contributed by atoms with E-state index in [1.807, 2.05) is 0 Å². The molecule has 0 aromatic heterocycles. The predicted octanol–water partition coefficient (Wildman–Crippen LogP) is 2.39. The predicted molar refractivity (Wildman–Crippen MR) is 86.5 cm³/mol. The van der Waals surface area contributed by atoms with Crippen LogP contribution in [0.4, 0.5) is 0 Å². The molecule has 0 atom stereocenters. The zero-order valence-corrected chi connectivity index (χ0v) is 14.8. The van der Waals surface area contributed by atoms with Gasteiger partial charge in [-0.05, 0) is 59.9 Å². The first kappa shape index (κ1) is 17.0. The van der Waals surface area contributed by atoms with Gasteiger partial charge in [-0.15, -0.1) is 0 Å². The minimum Gasteiger partial charge on any atom is -0.494 e. The van der Waals surface area contributed by atoms with Gasteiger partial charge in [-0.2, -0.15) is 0 Å². The lowest BCUT2D eigenvalue weighted by atomic mass is 9.99. The summed E-state index contributed by atoms with van der Waals surface area (Å²) in [7, 11) is -2.23. The van der Waals surface area contributed by atoms with Crippen molar-refractivity contribution in [3.8, 4) is 5.75 Å². The molecule has 0 unspecified atom stereocenters. The maximum absolute atomic E-state index is 12.5. The summed E-state index contributed by atoms with van der Waals surface area (Å²) in [5.41, 5.74) is 0. The SMILES string of the molecule is COc1c(Br)cc(Cl)cc1S(=O)(=O)NCC1CCNCC1. The molecule has 8 heteroatoms. The van der Waals surface area contributed by atoms with Gasteiger partial charge >= 0.3 is 0 Å². The van der Waals surface area contributed by atoms with Crippen molar-refractivity contribution >= 4 is 37.6 Å². The van der Waals surface area contributed by atoms with E-state index in [-0.39, 0.29) is 10.6 Å². The van der Waals surface area contributed by atoms with E-state index in [1.165, 1.54) is 13.2 Å². The Hall–Kier alpha value is -0.340. The van der Waals surface area contributed by atoms with E-state index in [4.69, 9.17) is 16.3 Å². The quantitative estimate of drug-likeness (QED) is 0.800. The molecule has 2 rings (SSSR count). The Labute approximate surface area is 138 Å². The van der Waals surface area contributed by atoms with Gasteiger partial charge in [0, 0.05) is 11.6 Å². The van der Waals surface area contributed by atoms with Gasteiger partial charge in [-0.25, -0.2) is 13.1 Å². The summed E-state index contributed by atoms with van der Waals surface area (Å²) in [6.07, 6.45) is 1.94. The van der Waals surface area contributed by atoms with Crippen molar-refractivity contribution < 1.29 is 13.2 Å². The van der Waals surface area contributed by atoms with Gasteiger partial charge in [-0.1, -0.05) is 11.6 Å². The fourth-order valence-corrected chi connectivity index (χ4v) is 4.82. The van der Waals surface area contributed by atoms with Gasteiger partial charge in [0.2, 0.25) is 10.0 Å². The third-order valence-corrected chi connectivity index (χ3v) is 5.72. The number of piperidine rings is 1. The zero-order chi connectivity index (χ0) is 15.5. The fraction of sp³-hybridized carbons (Fsp3) is 0.538. The molecule has 5 nitrogen and oxygen atoms in total. The molecule has 1 aromatic rings. The van der Waals surface area contributed by atoms with Crippen LogP contribution in [0.2, 0.25) is 5.02 Å². The molecule has 118 valence electrons. The number of methoxy groups -OCH3 is 1. The van der Waals surface area contributed by atoms with Crippen LogP contribution < -0.4 is 14.8 Å². The van der Waals surface area contributed by atoms with Crippen molar-refractivity contribution in [1.29, 1.82) is 0 Å². The molecule has 1 aromatic carbocycles. The topological polar surface area (TPSA) is 67.4 Å². The molecule has 2 N–H and O–H groups in total. The third-order valence-electron chi connectivity index (χ3n) is 3.49. The third kappa shape index (κ3) is 4.32. The number of benzene rings is 1. The monoisotopic (exact) mass is 396 g/mol. The first-order valence-corrected chi connectivity index (χ1v) is 9.33. The standard InChI is InChI=1S/C13H18BrClN2O3S/c1-20-13-11(14)6-10(15)7-12(13)21(18,19)17-8-9-2-4-16-5-3-9/h6-7,9,16-17H,2-5,8H2,1H3. The Kier molecular flexibility index (Phi) is 5.90. The highest BCUT2D eigenvalue weighted by molar-refractivity contribution is 9.10. The maximum atomic E-state index is 12.5. The molecular formula is C13H18BrClN2O3S. The van der Waals surface area contributed by atoms with Crippen molar-refractivity contribution in [3.63, 3.8) is 0 Å². The Morgan fingerprint density at radius 3 is 2.71 bits per heavy atom. The van der Waals surface area contributed by atoms with E-state index in [0.29, 0.717) is 22.0 Å². The van der Waals surface area contributed by atoms with Gasteiger partial charge in [0.05, 0.1) is 11.6 Å². The van der Waals surface area contributed by atoms with Crippen LogP contribution in [0, 0.1) is 5.92 Å². The first-order valence-electron chi connectivity index (χ1n) is 6.67. The number of hydrogen-bond acceptors (Lipinski definition) is 4. The normalized spacial score (nSPS) is 16.9. The summed E-state index contributed by atoms with van der Waals surface area (Å²) in [5, 5.41) is 3.59. The maximum Gasteiger partial charge on any atom is 0.244 e. The smallest absolute Gasteiger partial charge is 0.244 e. The minimum absolute atomic E-state index is 0.0540. The summed E-state index contributed by atoms with van der Waals surface area (Å²) in [6, 6.07) is 3.00. The van der Waals surface area contributed by atoms with E-state index < -0.39 is 10.0 Å². The largest absolute Gasteiger partial charge is 0.494 e. The van der Waals surface area contributed by atoms with Crippen molar-refractivity contribution in [3.05, 3.63) is 21.6 Å².